The second-order valence-corrected chi connectivity index (χ2v) is 7.83. The molecule has 1 aliphatic rings. The van der Waals surface area contributed by atoms with E-state index in [1.165, 1.54) is 21.3 Å². The maximum absolute atomic E-state index is 13.0. The highest BCUT2D eigenvalue weighted by atomic mass is 79.9. The minimum Gasteiger partial charge on any atom is -0.493 e. The summed E-state index contributed by atoms with van der Waals surface area (Å²) in [5.74, 6) is 0.0116. The van der Waals surface area contributed by atoms with Gasteiger partial charge in [-0.1, -0.05) is 28.1 Å². The number of rotatable bonds is 7. The molecule has 2 aromatic carbocycles. The highest BCUT2D eigenvalue weighted by Gasteiger charge is 2.49. The van der Waals surface area contributed by atoms with E-state index in [0.717, 1.165) is 9.37 Å². The number of nitrogens with one attached hydrogen (secondary N) is 2. The molecule has 0 radical (unpaired) electrons. The van der Waals surface area contributed by atoms with Crippen LogP contribution in [0.3, 0.4) is 0 Å². The minimum atomic E-state index is -1.27. The van der Waals surface area contributed by atoms with E-state index in [4.69, 9.17) is 14.2 Å². The first kappa shape index (κ1) is 22.4. The summed E-state index contributed by atoms with van der Waals surface area (Å²) in [6, 6.07) is 9.53. The molecule has 1 fully saturated rings. The lowest BCUT2D eigenvalue weighted by molar-refractivity contribution is -0.133. The normalized spacial score (nSPS) is 17.9. The van der Waals surface area contributed by atoms with Crippen LogP contribution < -0.4 is 24.8 Å². The SMILES string of the molecule is COc1cc(NC(=O)CN2C(=O)NC(C)(c3cccc(Br)c3)C2=O)cc(OC)c1OC. The molecule has 0 aliphatic carbocycles. The van der Waals surface area contributed by atoms with Crippen LogP contribution in [-0.4, -0.2) is 50.6 Å². The molecule has 1 unspecified atom stereocenters. The van der Waals surface area contributed by atoms with E-state index in [0.29, 0.717) is 28.5 Å². The molecule has 9 nitrogen and oxygen atoms in total. The molecule has 10 heteroatoms. The van der Waals surface area contributed by atoms with E-state index in [1.807, 2.05) is 6.07 Å². The lowest BCUT2D eigenvalue weighted by atomic mass is 9.92. The Morgan fingerprint density at radius 2 is 1.74 bits per heavy atom. The summed E-state index contributed by atoms with van der Waals surface area (Å²) in [7, 11) is 4.39. The van der Waals surface area contributed by atoms with Crippen molar-refractivity contribution in [3.05, 3.63) is 46.4 Å². The number of carbonyl (C=O) groups excluding carboxylic acids is 3. The number of ether oxygens (including phenoxy) is 3. The van der Waals surface area contributed by atoms with E-state index in [9.17, 15) is 14.4 Å². The number of methoxy groups -OCH3 is 3. The lowest BCUT2D eigenvalue weighted by Gasteiger charge is -2.22. The highest BCUT2D eigenvalue weighted by Crippen LogP contribution is 2.40. The van der Waals surface area contributed by atoms with E-state index in [1.54, 1.807) is 37.3 Å². The van der Waals surface area contributed by atoms with Crippen molar-refractivity contribution >= 4 is 39.5 Å². The van der Waals surface area contributed by atoms with Crippen LogP contribution in [0.1, 0.15) is 12.5 Å². The molecule has 0 bridgehead atoms. The third-order valence-corrected chi connectivity index (χ3v) is 5.42. The second kappa shape index (κ2) is 8.84. The Bertz CT molecular complexity index is 1020. The molecule has 2 N–H and O–H groups in total. The second-order valence-electron chi connectivity index (χ2n) is 6.92. The van der Waals surface area contributed by atoms with Crippen LogP contribution >= 0.6 is 15.9 Å². The van der Waals surface area contributed by atoms with Crippen LogP contribution in [0.5, 0.6) is 17.2 Å². The van der Waals surface area contributed by atoms with Crippen LogP contribution in [0.2, 0.25) is 0 Å². The van der Waals surface area contributed by atoms with Crippen molar-refractivity contribution in [2.45, 2.75) is 12.5 Å². The number of carbonyl (C=O) groups is 3. The van der Waals surface area contributed by atoms with Crippen LogP contribution in [0.25, 0.3) is 0 Å². The molecule has 0 aromatic heterocycles. The fourth-order valence-corrected chi connectivity index (χ4v) is 3.73. The summed E-state index contributed by atoms with van der Waals surface area (Å²) in [4.78, 5) is 39.0. The average molecular weight is 492 g/mol. The third kappa shape index (κ3) is 4.29. The van der Waals surface area contributed by atoms with Crippen molar-refractivity contribution in [1.29, 1.82) is 0 Å². The Hall–Kier alpha value is -3.27. The van der Waals surface area contributed by atoms with Gasteiger partial charge in [0.2, 0.25) is 11.7 Å². The minimum absolute atomic E-state index is 0.356. The number of nitrogens with zero attached hydrogens (tertiary/aromatic N) is 1. The van der Waals surface area contributed by atoms with Crippen LogP contribution in [0, 0.1) is 0 Å². The number of hydrogen-bond donors (Lipinski definition) is 2. The topological polar surface area (TPSA) is 106 Å². The first-order valence-electron chi connectivity index (χ1n) is 9.23. The maximum atomic E-state index is 13.0. The predicted molar refractivity (Wildman–Crippen MR) is 116 cm³/mol. The Morgan fingerprint density at radius 3 is 2.29 bits per heavy atom. The summed E-state index contributed by atoms with van der Waals surface area (Å²) in [6.07, 6.45) is 0. The zero-order chi connectivity index (χ0) is 22.8. The zero-order valence-corrected chi connectivity index (χ0v) is 19.0. The Kier molecular flexibility index (Phi) is 6.40. The first-order valence-corrected chi connectivity index (χ1v) is 10.0. The molecular weight excluding hydrogens is 470 g/mol. The molecule has 2 aromatic rings. The first-order chi connectivity index (χ1) is 14.7. The summed E-state index contributed by atoms with van der Waals surface area (Å²) >= 11 is 3.36. The smallest absolute Gasteiger partial charge is 0.325 e. The monoisotopic (exact) mass is 491 g/mol. The maximum Gasteiger partial charge on any atom is 0.325 e. The van der Waals surface area contributed by atoms with Crippen LogP contribution in [0.15, 0.2) is 40.9 Å². The number of urea groups is 1. The molecule has 164 valence electrons. The van der Waals surface area contributed by atoms with Gasteiger partial charge in [0.05, 0.1) is 21.3 Å². The van der Waals surface area contributed by atoms with E-state index in [-0.39, 0.29) is 0 Å². The molecule has 0 saturated carbocycles. The fourth-order valence-electron chi connectivity index (χ4n) is 3.33. The molecule has 31 heavy (non-hydrogen) atoms. The lowest BCUT2D eigenvalue weighted by Crippen LogP contribution is -2.42. The average Bonchev–Trinajstić information content (AvgIpc) is 2.96. The summed E-state index contributed by atoms with van der Waals surface area (Å²) in [6.45, 7) is 1.15. The number of anilines is 1. The van der Waals surface area contributed by atoms with Gasteiger partial charge in [0.1, 0.15) is 12.1 Å². The molecular formula is C21H22BrN3O6. The number of halogens is 1. The van der Waals surface area contributed by atoms with Crippen molar-refractivity contribution in [3.63, 3.8) is 0 Å². The summed E-state index contributed by atoms with van der Waals surface area (Å²) < 4.78 is 16.6. The van der Waals surface area contributed by atoms with E-state index < -0.39 is 29.9 Å². The standard InChI is InChI=1S/C21H22BrN3O6/c1-21(12-6-5-7-13(22)8-12)19(27)25(20(28)24-21)11-17(26)23-14-9-15(29-2)18(31-4)16(10-14)30-3/h5-10H,11H2,1-4H3,(H,23,26)(H,24,28). The van der Waals surface area contributed by atoms with Crippen molar-refractivity contribution < 1.29 is 28.6 Å². The third-order valence-electron chi connectivity index (χ3n) is 4.93. The molecule has 1 atom stereocenters. The van der Waals surface area contributed by atoms with Crippen molar-refractivity contribution in [1.82, 2.24) is 10.2 Å². The van der Waals surface area contributed by atoms with Crippen molar-refractivity contribution in [2.75, 3.05) is 33.2 Å². The van der Waals surface area contributed by atoms with Gasteiger partial charge in [-0.2, -0.15) is 0 Å². The van der Waals surface area contributed by atoms with Gasteiger partial charge in [0.15, 0.2) is 11.5 Å². The van der Waals surface area contributed by atoms with Crippen molar-refractivity contribution in [2.24, 2.45) is 0 Å². The van der Waals surface area contributed by atoms with Gasteiger partial charge in [0.25, 0.3) is 5.91 Å². The Labute approximate surface area is 187 Å². The molecule has 4 amide bonds. The van der Waals surface area contributed by atoms with Gasteiger partial charge in [-0.25, -0.2) is 4.79 Å². The zero-order valence-electron chi connectivity index (χ0n) is 17.4. The van der Waals surface area contributed by atoms with Gasteiger partial charge in [-0.15, -0.1) is 0 Å². The van der Waals surface area contributed by atoms with E-state index >= 15 is 0 Å². The molecule has 3 rings (SSSR count). The Balaban J connectivity index is 1.78. The van der Waals surface area contributed by atoms with Gasteiger partial charge in [-0.05, 0) is 24.6 Å². The largest absolute Gasteiger partial charge is 0.493 e. The predicted octanol–water partition coefficient (Wildman–Crippen LogP) is 2.88. The molecule has 1 aliphatic heterocycles. The highest BCUT2D eigenvalue weighted by molar-refractivity contribution is 9.10. The van der Waals surface area contributed by atoms with Gasteiger partial charge >= 0.3 is 6.03 Å². The molecule has 0 spiro atoms. The quantitative estimate of drug-likeness (QED) is 0.576. The van der Waals surface area contributed by atoms with Crippen LogP contribution in [-0.2, 0) is 15.1 Å². The van der Waals surface area contributed by atoms with E-state index in [2.05, 4.69) is 26.6 Å². The van der Waals surface area contributed by atoms with Gasteiger partial charge in [0, 0.05) is 22.3 Å². The number of amides is 4. The Morgan fingerprint density at radius 1 is 1.10 bits per heavy atom. The van der Waals surface area contributed by atoms with Crippen molar-refractivity contribution in [3.8, 4) is 17.2 Å². The summed E-state index contributed by atoms with van der Waals surface area (Å²) in [5.41, 5.74) is -0.303. The number of imide groups is 1. The molecule has 1 heterocycles. The molecule has 1 saturated heterocycles. The number of hydrogen-bond acceptors (Lipinski definition) is 6. The fraction of sp³-hybridized carbons (Fsp3) is 0.286. The van der Waals surface area contributed by atoms with Gasteiger partial charge in [-0.3, -0.25) is 14.5 Å². The summed E-state index contributed by atoms with van der Waals surface area (Å²) in [5, 5.41) is 5.33. The van der Waals surface area contributed by atoms with Crippen LogP contribution in [0.4, 0.5) is 10.5 Å². The van der Waals surface area contributed by atoms with Gasteiger partial charge < -0.3 is 24.8 Å². The number of benzene rings is 2.